The second-order valence-corrected chi connectivity index (χ2v) is 6.36. The van der Waals surface area contributed by atoms with Gasteiger partial charge in [0.15, 0.2) is 0 Å². The van der Waals surface area contributed by atoms with Crippen LogP contribution in [-0.2, 0) is 0 Å². The molecular formula is C21H27N3O3. The van der Waals surface area contributed by atoms with E-state index in [1.165, 1.54) is 44.2 Å². The smallest absolute Gasteiger partial charge is 0.271 e. The van der Waals surface area contributed by atoms with E-state index in [0.29, 0.717) is 5.69 Å². The lowest BCUT2D eigenvalue weighted by molar-refractivity contribution is -0.384. The van der Waals surface area contributed by atoms with E-state index >= 15 is 0 Å². The second kappa shape index (κ2) is 11.7. The summed E-state index contributed by atoms with van der Waals surface area (Å²) in [6.45, 7) is 2.97. The van der Waals surface area contributed by atoms with Crippen molar-refractivity contribution in [3.8, 4) is 5.75 Å². The van der Waals surface area contributed by atoms with E-state index in [1.54, 1.807) is 18.3 Å². The fourth-order valence-electron chi connectivity index (χ4n) is 2.59. The number of nitrogens with zero attached hydrogens (tertiary/aromatic N) is 2. The maximum Gasteiger partial charge on any atom is 0.271 e. The number of ether oxygens (including phenoxy) is 1. The van der Waals surface area contributed by atoms with E-state index in [0.717, 1.165) is 24.3 Å². The molecule has 0 fully saturated rings. The van der Waals surface area contributed by atoms with Crippen LogP contribution in [0.25, 0.3) is 0 Å². The molecular weight excluding hydrogens is 342 g/mol. The zero-order valence-electron chi connectivity index (χ0n) is 15.8. The molecule has 0 bridgehead atoms. The molecule has 0 aliphatic rings. The van der Waals surface area contributed by atoms with Gasteiger partial charge in [-0.1, -0.05) is 45.1 Å². The van der Waals surface area contributed by atoms with Crippen LogP contribution >= 0.6 is 0 Å². The molecule has 0 spiro atoms. The van der Waals surface area contributed by atoms with Gasteiger partial charge in [-0.15, -0.1) is 0 Å². The minimum atomic E-state index is -0.432. The van der Waals surface area contributed by atoms with Crippen molar-refractivity contribution in [2.45, 2.75) is 45.4 Å². The molecule has 0 saturated carbocycles. The number of benzene rings is 2. The predicted octanol–water partition coefficient (Wildman–Crippen LogP) is 5.78. The van der Waals surface area contributed by atoms with E-state index in [1.807, 2.05) is 24.3 Å². The molecule has 0 unspecified atom stereocenters. The molecule has 27 heavy (non-hydrogen) atoms. The number of unbranched alkanes of at least 4 members (excludes halogenated alkanes) is 5. The van der Waals surface area contributed by atoms with Gasteiger partial charge in [-0.3, -0.25) is 15.5 Å². The topological polar surface area (TPSA) is 76.8 Å². The normalized spacial score (nSPS) is 10.9. The Hall–Kier alpha value is -2.89. The number of hydrazone groups is 1. The first-order valence-corrected chi connectivity index (χ1v) is 9.45. The van der Waals surface area contributed by atoms with Gasteiger partial charge in [0.1, 0.15) is 5.75 Å². The molecule has 0 saturated heterocycles. The summed E-state index contributed by atoms with van der Waals surface area (Å²) < 4.78 is 5.75. The van der Waals surface area contributed by atoms with Crippen molar-refractivity contribution in [2.75, 3.05) is 12.0 Å². The van der Waals surface area contributed by atoms with Crippen molar-refractivity contribution in [2.24, 2.45) is 5.10 Å². The van der Waals surface area contributed by atoms with E-state index in [2.05, 4.69) is 17.5 Å². The summed E-state index contributed by atoms with van der Waals surface area (Å²) in [5, 5.41) is 14.9. The summed E-state index contributed by atoms with van der Waals surface area (Å²) in [5.74, 6) is 0.854. The average molecular weight is 369 g/mol. The Bertz CT molecular complexity index is 730. The van der Waals surface area contributed by atoms with Gasteiger partial charge in [0, 0.05) is 12.1 Å². The molecule has 0 radical (unpaired) electrons. The van der Waals surface area contributed by atoms with E-state index in [-0.39, 0.29) is 5.69 Å². The Labute approximate surface area is 160 Å². The molecule has 0 heterocycles. The predicted molar refractivity (Wildman–Crippen MR) is 110 cm³/mol. The Balaban J connectivity index is 1.72. The van der Waals surface area contributed by atoms with Crippen LogP contribution < -0.4 is 10.2 Å². The Morgan fingerprint density at radius 1 is 1.07 bits per heavy atom. The van der Waals surface area contributed by atoms with Gasteiger partial charge in [-0.2, -0.15) is 5.10 Å². The Morgan fingerprint density at radius 3 is 2.56 bits per heavy atom. The third kappa shape index (κ3) is 7.90. The second-order valence-electron chi connectivity index (χ2n) is 6.36. The summed E-state index contributed by atoms with van der Waals surface area (Å²) in [4.78, 5) is 10.3. The summed E-state index contributed by atoms with van der Waals surface area (Å²) >= 11 is 0. The third-order valence-electron chi connectivity index (χ3n) is 4.11. The lowest BCUT2D eigenvalue weighted by atomic mass is 10.1. The van der Waals surface area contributed by atoms with Gasteiger partial charge < -0.3 is 4.74 Å². The van der Waals surface area contributed by atoms with Gasteiger partial charge in [-0.25, -0.2) is 0 Å². The standard InChI is InChI=1S/C21H27N3O3/c1-2-3-4-5-6-7-15-27-21-13-11-18(12-14-21)17-22-23-19-9-8-10-20(16-19)24(25)26/h8-14,16-17,23H,2-7,15H2,1H3/b22-17+. The molecule has 1 N–H and O–H groups in total. The van der Waals surface area contributed by atoms with Crippen molar-refractivity contribution in [1.82, 2.24) is 0 Å². The molecule has 2 aromatic rings. The van der Waals surface area contributed by atoms with Gasteiger partial charge in [0.25, 0.3) is 5.69 Å². The number of nitro benzene ring substituents is 1. The van der Waals surface area contributed by atoms with E-state index in [4.69, 9.17) is 4.74 Å². The van der Waals surface area contributed by atoms with Gasteiger partial charge >= 0.3 is 0 Å². The summed E-state index contributed by atoms with van der Waals surface area (Å²) in [5.41, 5.74) is 4.31. The van der Waals surface area contributed by atoms with Crippen molar-refractivity contribution in [3.05, 3.63) is 64.2 Å². The molecule has 0 aromatic heterocycles. The number of nitro groups is 1. The first-order chi connectivity index (χ1) is 13.2. The number of non-ortho nitro benzene ring substituents is 1. The zero-order valence-corrected chi connectivity index (χ0v) is 15.8. The molecule has 0 atom stereocenters. The van der Waals surface area contributed by atoms with Crippen LogP contribution in [0.2, 0.25) is 0 Å². The highest BCUT2D eigenvalue weighted by Crippen LogP contribution is 2.17. The maximum absolute atomic E-state index is 10.8. The van der Waals surface area contributed by atoms with Crippen molar-refractivity contribution >= 4 is 17.6 Å². The quantitative estimate of drug-likeness (QED) is 0.223. The van der Waals surface area contributed by atoms with Gasteiger partial charge in [0.05, 0.1) is 23.4 Å². The average Bonchev–Trinajstić information content (AvgIpc) is 2.68. The summed E-state index contributed by atoms with van der Waals surface area (Å²) in [6.07, 6.45) is 9.15. The molecule has 2 rings (SSSR count). The lowest BCUT2D eigenvalue weighted by Crippen LogP contribution is -1.97. The van der Waals surface area contributed by atoms with Crippen LogP contribution in [0.1, 0.15) is 51.0 Å². The van der Waals surface area contributed by atoms with Crippen LogP contribution in [-0.4, -0.2) is 17.7 Å². The number of nitrogens with one attached hydrogen (secondary N) is 1. The first-order valence-electron chi connectivity index (χ1n) is 9.45. The first kappa shape index (κ1) is 20.4. The lowest BCUT2D eigenvalue weighted by Gasteiger charge is -2.06. The van der Waals surface area contributed by atoms with Crippen LogP contribution in [0.15, 0.2) is 53.6 Å². The van der Waals surface area contributed by atoms with E-state index in [9.17, 15) is 10.1 Å². The molecule has 6 heteroatoms. The highest BCUT2D eigenvalue weighted by Gasteiger charge is 2.04. The van der Waals surface area contributed by atoms with Crippen molar-refractivity contribution in [1.29, 1.82) is 0 Å². The minimum Gasteiger partial charge on any atom is -0.494 e. The van der Waals surface area contributed by atoms with Crippen LogP contribution in [0, 0.1) is 10.1 Å². The maximum atomic E-state index is 10.8. The van der Waals surface area contributed by atoms with Crippen LogP contribution in [0.4, 0.5) is 11.4 Å². The van der Waals surface area contributed by atoms with Crippen LogP contribution in [0.5, 0.6) is 5.75 Å². The number of hydrogen-bond donors (Lipinski definition) is 1. The third-order valence-corrected chi connectivity index (χ3v) is 4.11. The van der Waals surface area contributed by atoms with Crippen LogP contribution in [0.3, 0.4) is 0 Å². The molecule has 2 aromatic carbocycles. The zero-order chi connectivity index (χ0) is 19.3. The number of rotatable bonds is 12. The van der Waals surface area contributed by atoms with Crippen molar-refractivity contribution in [3.63, 3.8) is 0 Å². The molecule has 6 nitrogen and oxygen atoms in total. The van der Waals surface area contributed by atoms with Crippen molar-refractivity contribution < 1.29 is 9.66 Å². The Kier molecular flexibility index (Phi) is 8.83. The highest BCUT2D eigenvalue weighted by atomic mass is 16.6. The monoisotopic (exact) mass is 369 g/mol. The van der Waals surface area contributed by atoms with E-state index < -0.39 is 4.92 Å². The molecule has 0 aliphatic carbocycles. The fourth-order valence-corrected chi connectivity index (χ4v) is 2.59. The largest absolute Gasteiger partial charge is 0.494 e. The molecule has 0 aliphatic heterocycles. The van der Waals surface area contributed by atoms with Gasteiger partial charge in [-0.05, 0) is 42.3 Å². The summed E-state index contributed by atoms with van der Waals surface area (Å²) in [6, 6.07) is 13.9. The SMILES string of the molecule is CCCCCCCCOc1ccc(/C=N/Nc2cccc([N+](=O)[O-])c2)cc1. The Morgan fingerprint density at radius 2 is 1.81 bits per heavy atom. The molecule has 144 valence electrons. The fraction of sp³-hybridized carbons (Fsp3) is 0.381. The highest BCUT2D eigenvalue weighted by molar-refractivity contribution is 5.80. The molecule has 0 amide bonds. The summed E-state index contributed by atoms with van der Waals surface area (Å²) in [7, 11) is 0. The number of anilines is 1. The minimum absolute atomic E-state index is 0.0297. The number of hydrogen-bond acceptors (Lipinski definition) is 5. The van der Waals surface area contributed by atoms with Gasteiger partial charge in [0.2, 0.25) is 0 Å².